The molecule has 0 saturated carbocycles. The number of hydrogen-bond acceptors (Lipinski definition) is 2. The van der Waals surface area contributed by atoms with Gasteiger partial charge in [0.05, 0.1) is 22.3 Å². The molecule has 0 aromatic heterocycles. The Kier molecular flexibility index (Phi) is 9.04. The molecule has 20 heteroatoms. The number of hydrogen-bond donors (Lipinski definition) is 0. The van der Waals surface area contributed by atoms with Gasteiger partial charge >= 0.3 is 0 Å². The predicted molar refractivity (Wildman–Crippen MR) is 113 cm³/mol. The Morgan fingerprint density at radius 3 is 0.652 bits per heavy atom. The van der Waals surface area contributed by atoms with Gasteiger partial charge < -0.3 is 9.47 Å². The molecule has 0 unspecified atom stereocenters. The van der Waals surface area contributed by atoms with Crippen molar-refractivity contribution in [3.05, 3.63) is 116 Å². The minimum absolute atomic E-state index is 2.04. The highest BCUT2D eigenvalue weighted by atomic mass is 19.2. The van der Waals surface area contributed by atoms with Crippen LogP contribution in [0.2, 0.25) is 0 Å². The largest absolute Gasteiger partial charge is 0.482 e. The highest BCUT2D eigenvalue weighted by Crippen LogP contribution is 2.39. The van der Waals surface area contributed by atoms with Gasteiger partial charge in [-0.15, -0.1) is 0 Å². The van der Waals surface area contributed by atoms with Gasteiger partial charge in [-0.25, -0.2) is 61.5 Å². The fourth-order valence-electron chi connectivity index (χ4n) is 3.76. The van der Waals surface area contributed by atoms with Crippen molar-refractivity contribution in [3.63, 3.8) is 0 Å². The molecule has 4 aromatic carbocycles. The molecule has 0 heterocycles. The average Bonchev–Trinajstić information content (AvgIpc) is 3.03. The van der Waals surface area contributed by atoms with Gasteiger partial charge in [-0.1, -0.05) is 0 Å². The zero-order valence-corrected chi connectivity index (χ0v) is 21.0. The molecule has 0 atom stereocenters. The second kappa shape index (κ2) is 12.2. The lowest BCUT2D eigenvalue weighted by molar-refractivity contribution is 0.242. The third-order valence-electron chi connectivity index (χ3n) is 6.02. The maximum Gasteiger partial charge on any atom is 0.207 e. The van der Waals surface area contributed by atoms with Gasteiger partial charge in [0.25, 0.3) is 0 Å². The number of halogens is 18. The highest BCUT2D eigenvalue weighted by Gasteiger charge is 2.36. The van der Waals surface area contributed by atoms with Gasteiger partial charge in [0.15, 0.2) is 58.0 Å². The Morgan fingerprint density at radius 2 is 0.435 bits per heavy atom. The third kappa shape index (κ3) is 5.17. The molecule has 4 aromatic rings. The van der Waals surface area contributed by atoms with Crippen molar-refractivity contribution in [2.24, 2.45) is 0 Å². The molecule has 0 spiro atoms. The SMILES string of the molecule is Fc1c(F)c(F)c(OCc2c(F)c(F)c(-c3c(F)c(F)c(COc4c(F)c(F)c(F)c(F)c4F)c(F)c3F)c(F)c2F)c(F)c1F. The summed E-state index contributed by atoms with van der Waals surface area (Å²) in [5, 5.41) is 0. The molecule has 2 nitrogen and oxygen atoms in total. The highest BCUT2D eigenvalue weighted by molar-refractivity contribution is 5.68. The van der Waals surface area contributed by atoms with E-state index in [0.717, 1.165) is 0 Å². The number of benzene rings is 4. The first-order valence-corrected chi connectivity index (χ1v) is 11.3. The Labute approximate surface area is 241 Å². The standard InChI is InChI=1S/C26H4F18O2/c27-7-3(1-45-25-21(41)17(37)15(35)18(38)22(25)42)8(28)12(32)5(11(7)31)6-13(33)9(29)4(10(30)14(6)34)2-46-26-23(43)19(39)16(36)20(40)24(26)44/h1-2H2. The van der Waals surface area contributed by atoms with Crippen LogP contribution >= 0.6 is 0 Å². The summed E-state index contributed by atoms with van der Waals surface area (Å²) in [5.74, 6) is -53.4. The molecule has 0 saturated heterocycles. The van der Waals surface area contributed by atoms with E-state index in [-0.39, 0.29) is 0 Å². The molecule has 0 N–H and O–H groups in total. The van der Waals surface area contributed by atoms with Crippen molar-refractivity contribution in [2.75, 3.05) is 0 Å². The summed E-state index contributed by atoms with van der Waals surface area (Å²) in [6.07, 6.45) is 0. The van der Waals surface area contributed by atoms with Crippen molar-refractivity contribution < 1.29 is 88.5 Å². The first kappa shape index (κ1) is 34.1. The van der Waals surface area contributed by atoms with E-state index in [1.54, 1.807) is 0 Å². The molecular weight excluding hydrogens is 686 g/mol. The first-order chi connectivity index (χ1) is 21.4. The van der Waals surface area contributed by atoms with E-state index in [1.165, 1.54) is 0 Å². The van der Waals surface area contributed by atoms with Crippen LogP contribution in [-0.4, -0.2) is 0 Å². The molecular formula is C26H4F18O2. The minimum atomic E-state index is -2.86. The van der Waals surface area contributed by atoms with Gasteiger partial charge in [0, 0.05) is 0 Å². The Morgan fingerprint density at radius 1 is 0.239 bits per heavy atom. The quantitative estimate of drug-likeness (QED) is 0.110. The zero-order chi connectivity index (χ0) is 34.7. The number of rotatable bonds is 7. The van der Waals surface area contributed by atoms with Gasteiger partial charge in [-0.3, -0.25) is 0 Å². The van der Waals surface area contributed by atoms with Crippen molar-refractivity contribution in [2.45, 2.75) is 13.2 Å². The van der Waals surface area contributed by atoms with Crippen LogP contribution in [0.15, 0.2) is 0 Å². The van der Waals surface area contributed by atoms with Crippen LogP contribution in [0.3, 0.4) is 0 Å². The van der Waals surface area contributed by atoms with Crippen molar-refractivity contribution in [3.8, 4) is 22.6 Å². The average molecular weight is 690 g/mol. The monoisotopic (exact) mass is 690 g/mol. The summed E-state index contributed by atoms with van der Waals surface area (Å²) in [5.41, 5.74) is -9.13. The van der Waals surface area contributed by atoms with Crippen LogP contribution in [-0.2, 0) is 13.2 Å². The molecule has 4 rings (SSSR count). The van der Waals surface area contributed by atoms with Crippen molar-refractivity contribution in [1.82, 2.24) is 0 Å². The second-order valence-corrected chi connectivity index (χ2v) is 8.59. The summed E-state index contributed by atoms with van der Waals surface area (Å²) in [6.45, 7) is -4.13. The molecule has 0 bridgehead atoms. The summed E-state index contributed by atoms with van der Waals surface area (Å²) in [7, 11) is 0. The van der Waals surface area contributed by atoms with Crippen molar-refractivity contribution >= 4 is 0 Å². The lowest BCUT2D eigenvalue weighted by Crippen LogP contribution is -2.15. The van der Waals surface area contributed by atoms with Crippen LogP contribution in [0.5, 0.6) is 11.5 Å². The minimum Gasteiger partial charge on any atom is -0.482 e. The van der Waals surface area contributed by atoms with E-state index in [1.807, 2.05) is 0 Å². The molecule has 0 aliphatic heterocycles. The zero-order valence-electron chi connectivity index (χ0n) is 21.0. The lowest BCUT2D eigenvalue weighted by atomic mass is 9.97. The van der Waals surface area contributed by atoms with E-state index >= 15 is 0 Å². The molecule has 0 fully saturated rings. The van der Waals surface area contributed by atoms with Gasteiger partial charge in [0.2, 0.25) is 58.2 Å². The van der Waals surface area contributed by atoms with E-state index in [0.29, 0.717) is 0 Å². The van der Waals surface area contributed by atoms with Crippen LogP contribution in [0.1, 0.15) is 11.1 Å². The summed E-state index contributed by atoms with van der Waals surface area (Å²) < 4.78 is 261. The topological polar surface area (TPSA) is 18.5 Å². The van der Waals surface area contributed by atoms with E-state index in [4.69, 9.17) is 0 Å². The van der Waals surface area contributed by atoms with Gasteiger partial charge in [-0.05, 0) is 0 Å². The fraction of sp³-hybridized carbons (Fsp3) is 0.0769. The Balaban J connectivity index is 1.77. The molecule has 0 amide bonds. The third-order valence-corrected chi connectivity index (χ3v) is 6.02. The van der Waals surface area contributed by atoms with Crippen molar-refractivity contribution in [1.29, 1.82) is 0 Å². The van der Waals surface area contributed by atoms with Crippen LogP contribution in [0, 0.1) is 105 Å². The van der Waals surface area contributed by atoms with E-state index in [2.05, 4.69) is 9.47 Å². The summed E-state index contributed by atoms with van der Waals surface area (Å²) in [6, 6.07) is 0. The summed E-state index contributed by atoms with van der Waals surface area (Å²) >= 11 is 0. The lowest BCUT2D eigenvalue weighted by Gasteiger charge is -2.17. The molecule has 46 heavy (non-hydrogen) atoms. The molecule has 0 radical (unpaired) electrons. The smallest absolute Gasteiger partial charge is 0.207 e. The van der Waals surface area contributed by atoms with E-state index in [9.17, 15) is 79.0 Å². The maximum atomic E-state index is 14.8. The Bertz CT molecular complexity index is 1690. The number of ether oxygens (including phenoxy) is 2. The summed E-state index contributed by atoms with van der Waals surface area (Å²) in [4.78, 5) is 0. The predicted octanol–water partition coefficient (Wildman–Crippen LogP) is 9.02. The first-order valence-electron chi connectivity index (χ1n) is 11.3. The van der Waals surface area contributed by atoms with Crippen LogP contribution < -0.4 is 9.47 Å². The van der Waals surface area contributed by atoms with Crippen LogP contribution in [0.25, 0.3) is 11.1 Å². The molecule has 0 aliphatic carbocycles. The van der Waals surface area contributed by atoms with E-state index < -0.39 is 152 Å². The fourth-order valence-corrected chi connectivity index (χ4v) is 3.76. The van der Waals surface area contributed by atoms with Crippen LogP contribution in [0.4, 0.5) is 79.0 Å². The second-order valence-electron chi connectivity index (χ2n) is 8.59. The van der Waals surface area contributed by atoms with Gasteiger partial charge in [0.1, 0.15) is 13.2 Å². The Hall–Kier alpha value is -4.78. The molecule has 246 valence electrons. The molecule has 0 aliphatic rings. The normalized spacial score (nSPS) is 11.4. The van der Waals surface area contributed by atoms with Gasteiger partial charge in [-0.2, -0.15) is 17.6 Å². The maximum absolute atomic E-state index is 14.8.